The van der Waals surface area contributed by atoms with Gasteiger partial charge in [-0.1, -0.05) is 44.4 Å². The summed E-state index contributed by atoms with van der Waals surface area (Å²) in [6, 6.07) is 8.63. The van der Waals surface area contributed by atoms with Gasteiger partial charge in [0, 0.05) is 29.0 Å². The number of unbranched alkanes of at least 4 members (excludes halogenated alkanes) is 2. The van der Waals surface area contributed by atoms with Crippen LogP contribution in [0.25, 0.3) is 0 Å². The van der Waals surface area contributed by atoms with Crippen molar-refractivity contribution in [3.63, 3.8) is 0 Å². The highest BCUT2D eigenvalue weighted by molar-refractivity contribution is 7.98. The predicted octanol–water partition coefficient (Wildman–Crippen LogP) is 4.44. The van der Waals surface area contributed by atoms with Crippen molar-refractivity contribution in [1.82, 2.24) is 0 Å². The zero-order valence-electron chi connectivity index (χ0n) is 9.15. The first-order chi connectivity index (χ1) is 7.42. The summed E-state index contributed by atoms with van der Waals surface area (Å²) < 4.78 is 4.37. The molecule has 0 amide bonds. The van der Waals surface area contributed by atoms with Gasteiger partial charge in [-0.3, -0.25) is 0 Å². The quantitative estimate of drug-likeness (QED) is 0.538. The lowest BCUT2D eigenvalue weighted by Gasteiger charge is -2.18. The molecule has 1 aliphatic heterocycles. The van der Waals surface area contributed by atoms with Crippen LogP contribution < -0.4 is 0 Å². The maximum atomic E-state index is 4.37. The Morgan fingerprint density at radius 3 is 3.00 bits per heavy atom. The fourth-order valence-corrected chi connectivity index (χ4v) is 2.74. The average molecular weight is 219 g/mol. The standard InChI is InChI=1S/C13H17NS/c1-2-3-4-7-11-10-14-15-13-9-6-5-8-12(11)13/h5-6,8-11H,2-4,7H2,1H3. The van der Waals surface area contributed by atoms with Gasteiger partial charge in [-0.05, 0) is 18.1 Å². The van der Waals surface area contributed by atoms with Crippen LogP contribution in [0.5, 0.6) is 0 Å². The molecule has 1 nitrogen and oxygen atoms in total. The Bertz CT molecular complexity index is 346. The molecule has 0 bridgehead atoms. The molecule has 15 heavy (non-hydrogen) atoms. The lowest BCUT2D eigenvalue weighted by Crippen LogP contribution is -2.04. The second-order valence-electron chi connectivity index (χ2n) is 3.99. The second-order valence-corrected chi connectivity index (χ2v) is 4.82. The average Bonchev–Trinajstić information content (AvgIpc) is 2.30. The van der Waals surface area contributed by atoms with Crippen LogP contribution in [0, 0.1) is 0 Å². The number of rotatable bonds is 4. The van der Waals surface area contributed by atoms with E-state index >= 15 is 0 Å². The molecule has 1 atom stereocenters. The molecule has 2 heteroatoms. The van der Waals surface area contributed by atoms with Crippen molar-refractivity contribution in [3.8, 4) is 0 Å². The molecule has 1 aromatic rings. The summed E-state index contributed by atoms with van der Waals surface area (Å²) in [5, 5.41) is 0. The molecule has 0 fully saturated rings. The van der Waals surface area contributed by atoms with E-state index in [0.717, 1.165) is 0 Å². The summed E-state index contributed by atoms with van der Waals surface area (Å²) in [5.41, 5.74) is 1.47. The van der Waals surface area contributed by atoms with Crippen molar-refractivity contribution in [2.24, 2.45) is 4.40 Å². The molecule has 0 aliphatic carbocycles. The summed E-state index contributed by atoms with van der Waals surface area (Å²) in [4.78, 5) is 1.33. The van der Waals surface area contributed by atoms with Crippen LogP contribution in [0.4, 0.5) is 0 Å². The SMILES string of the molecule is CCCCCC1C=NSc2ccccc21. The highest BCUT2D eigenvalue weighted by Crippen LogP contribution is 2.35. The van der Waals surface area contributed by atoms with Gasteiger partial charge < -0.3 is 0 Å². The number of nitrogens with zero attached hydrogens (tertiary/aromatic N) is 1. The van der Waals surface area contributed by atoms with Gasteiger partial charge >= 0.3 is 0 Å². The fourth-order valence-electron chi connectivity index (χ4n) is 1.96. The van der Waals surface area contributed by atoms with Crippen LogP contribution in [0.3, 0.4) is 0 Å². The third kappa shape index (κ3) is 2.63. The topological polar surface area (TPSA) is 12.4 Å². The minimum atomic E-state index is 0.550. The Hall–Kier alpha value is -0.760. The van der Waals surface area contributed by atoms with Crippen LogP contribution in [-0.2, 0) is 0 Å². The van der Waals surface area contributed by atoms with Crippen LogP contribution >= 0.6 is 11.9 Å². The van der Waals surface area contributed by atoms with Crippen LogP contribution in [0.2, 0.25) is 0 Å². The minimum Gasteiger partial charge on any atom is -0.223 e. The molecule has 0 saturated carbocycles. The first-order valence-corrected chi connectivity index (χ1v) is 6.48. The summed E-state index contributed by atoms with van der Waals surface area (Å²) in [6.07, 6.45) is 7.30. The van der Waals surface area contributed by atoms with E-state index in [1.807, 2.05) is 0 Å². The van der Waals surface area contributed by atoms with Gasteiger partial charge in [0.1, 0.15) is 0 Å². The van der Waals surface area contributed by atoms with Gasteiger partial charge in [0.05, 0.1) is 0 Å². The van der Waals surface area contributed by atoms with E-state index in [1.54, 1.807) is 11.9 Å². The molecule has 0 saturated heterocycles. The molecule has 0 aromatic heterocycles. The van der Waals surface area contributed by atoms with Crippen molar-refractivity contribution in [1.29, 1.82) is 0 Å². The Labute approximate surface area is 96.1 Å². The monoisotopic (exact) mass is 219 g/mol. The number of hydrogen-bond donors (Lipinski definition) is 0. The van der Waals surface area contributed by atoms with Crippen molar-refractivity contribution < 1.29 is 0 Å². The maximum absolute atomic E-state index is 4.37. The molecular weight excluding hydrogens is 202 g/mol. The lowest BCUT2D eigenvalue weighted by atomic mass is 9.94. The molecule has 1 aliphatic rings. The van der Waals surface area contributed by atoms with E-state index in [-0.39, 0.29) is 0 Å². The smallest absolute Gasteiger partial charge is 0.0343 e. The van der Waals surface area contributed by atoms with Gasteiger partial charge in [-0.2, -0.15) is 0 Å². The van der Waals surface area contributed by atoms with Crippen LogP contribution in [-0.4, -0.2) is 6.21 Å². The van der Waals surface area contributed by atoms with Crippen molar-refractivity contribution in [2.75, 3.05) is 0 Å². The number of fused-ring (bicyclic) bond motifs is 1. The highest BCUT2D eigenvalue weighted by Gasteiger charge is 2.16. The normalized spacial score (nSPS) is 18.9. The minimum absolute atomic E-state index is 0.550. The first-order valence-electron chi connectivity index (χ1n) is 5.71. The Balaban J connectivity index is 2.05. The maximum Gasteiger partial charge on any atom is 0.0343 e. The second kappa shape index (κ2) is 5.36. The lowest BCUT2D eigenvalue weighted by molar-refractivity contribution is 0.643. The Kier molecular flexibility index (Phi) is 3.84. The number of hydrogen-bond acceptors (Lipinski definition) is 2. The summed E-state index contributed by atoms with van der Waals surface area (Å²) in [7, 11) is 0. The highest BCUT2D eigenvalue weighted by atomic mass is 32.2. The van der Waals surface area contributed by atoms with E-state index in [1.165, 1.54) is 36.1 Å². The summed E-state index contributed by atoms with van der Waals surface area (Å²) >= 11 is 1.60. The third-order valence-electron chi connectivity index (χ3n) is 2.83. The van der Waals surface area contributed by atoms with Crippen molar-refractivity contribution in [2.45, 2.75) is 43.4 Å². The molecule has 80 valence electrons. The van der Waals surface area contributed by atoms with Gasteiger partial charge in [0.15, 0.2) is 0 Å². The van der Waals surface area contributed by atoms with E-state index < -0.39 is 0 Å². The fraction of sp³-hybridized carbons (Fsp3) is 0.462. The summed E-state index contributed by atoms with van der Waals surface area (Å²) in [6.45, 7) is 2.25. The Morgan fingerprint density at radius 1 is 1.27 bits per heavy atom. The van der Waals surface area contributed by atoms with E-state index in [4.69, 9.17) is 0 Å². The zero-order chi connectivity index (χ0) is 10.5. The van der Waals surface area contributed by atoms with Crippen LogP contribution in [0.1, 0.15) is 44.1 Å². The van der Waals surface area contributed by atoms with Gasteiger partial charge in [0.25, 0.3) is 0 Å². The molecule has 1 heterocycles. The summed E-state index contributed by atoms with van der Waals surface area (Å²) in [5.74, 6) is 0.550. The third-order valence-corrected chi connectivity index (χ3v) is 3.62. The molecule has 2 rings (SSSR count). The van der Waals surface area contributed by atoms with E-state index in [9.17, 15) is 0 Å². The van der Waals surface area contributed by atoms with Gasteiger partial charge in [0.2, 0.25) is 0 Å². The number of benzene rings is 1. The van der Waals surface area contributed by atoms with E-state index in [2.05, 4.69) is 41.8 Å². The largest absolute Gasteiger partial charge is 0.223 e. The van der Waals surface area contributed by atoms with E-state index in [0.29, 0.717) is 5.92 Å². The molecule has 0 radical (unpaired) electrons. The predicted molar refractivity (Wildman–Crippen MR) is 67.7 cm³/mol. The zero-order valence-corrected chi connectivity index (χ0v) is 9.96. The van der Waals surface area contributed by atoms with Crippen molar-refractivity contribution >= 4 is 18.2 Å². The molecule has 0 N–H and O–H groups in total. The Morgan fingerprint density at radius 2 is 2.13 bits per heavy atom. The first kappa shape index (κ1) is 10.7. The molecule has 1 aromatic carbocycles. The molecule has 0 spiro atoms. The van der Waals surface area contributed by atoms with Gasteiger partial charge in [-0.15, -0.1) is 0 Å². The molecular formula is C13H17NS. The van der Waals surface area contributed by atoms with Crippen molar-refractivity contribution in [3.05, 3.63) is 29.8 Å². The van der Waals surface area contributed by atoms with Gasteiger partial charge in [-0.25, -0.2) is 4.40 Å². The molecule has 1 unspecified atom stereocenters. The van der Waals surface area contributed by atoms with Crippen LogP contribution in [0.15, 0.2) is 33.6 Å².